The summed E-state index contributed by atoms with van der Waals surface area (Å²) in [5.41, 5.74) is 8.91. The van der Waals surface area contributed by atoms with Crippen molar-refractivity contribution < 1.29 is 4.79 Å². The van der Waals surface area contributed by atoms with E-state index in [0.29, 0.717) is 11.5 Å². The van der Waals surface area contributed by atoms with Gasteiger partial charge in [0.1, 0.15) is 0 Å². The van der Waals surface area contributed by atoms with E-state index in [1.165, 1.54) is 0 Å². The zero-order valence-corrected chi connectivity index (χ0v) is 14.2. The fraction of sp³-hybridized carbons (Fsp3) is 0.0500. The molecule has 4 aromatic rings. The lowest BCUT2D eigenvalue weighted by Crippen LogP contribution is -2.30. The van der Waals surface area contributed by atoms with Crippen molar-refractivity contribution in [3.05, 3.63) is 78.6 Å². The largest absolute Gasteiger partial charge is 0.343 e. The number of amides is 1. The van der Waals surface area contributed by atoms with Crippen molar-refractivity contribution in [1.29, 1.82) is 0 Å². The van der Waals surface area contributed by atoms with Crippen molar-refractivity contribution in [2.75, 3.05) is 5.43 Å². The van der Waals surface area contributed by atoms with Crippen LogP contribution in [0.1, 0.15) is 10.4 Å². The molecule has 6 nitrogen and oxygen atoms in total. The van der Waals surface area contributed by atoms with Crippen molar-refractivity contribution in [3.8, 4) is 11.3 Å². The average molecular weight is 343 g/mol. The van der Waals surface area contributed by atoms with Gasteiger partial charge in [-0.25, -0.2) is 9.97 Å². The van der Waals surface area contributed by atoms with E-state index in [4.69, 9.17) is 0 Å². The molecule has 128 valence electrons. The smallest absolute Gasteiger partial charge is 0.272 e. The Balaban J connectivity index is 1.79. The lowest BCUT2D eigenvalue weighted by Gasteiger charge is -2.10. The van der Waals surface area contributed by atoms with Crippen molar-refractivity contribution >= 4 is 22.8 Å². The number of aromatic nitrogens is 3. The summed E-state index contributed by atoms with van der Waals surface area (Å²) >= 11 is 0. The minimum atomic E-state index is -0.242. The Morgan fingerprint density at radius 2 is 1.62 bits per heavy atom. The second-order valence-electron chi connectivity index (χ2n) is 5.82. The first-order valence-electron chi connectivity index (χ1n) is 8.22. The molecular weight excluding hydrogens is 326 g/mol. The third-order valence-electron chi connectivity index (χ3n) is 4.23. The highest BCUT2D eigenvalue weighted by molar-refractivity contribution is 6.13. The molecular formula is C20H17N5O. The van der Waals surface area contributed by atoms with Crippen molar-refractivity contribution in [3.63, 3.8) is 0 Å². The highest BCUT2D eigenvalue weighted by Crippen LogP contribution is 2.32. The topological polar surface area (TPSA) is 71.8 Å². The molecule has 0 saturated carbocycles. The Morgan fingerprint density at radius 3 is 2.38 bits per heavy atom. The Kier molecular flexibility index (Phi) is 4.07. The molecule has 2 aromatic heterocycles. The van der Waals surface area contributed by atoms with E-state index >= 15 is 0 Å². The summed E-state index contributed by atoms with van der Waals surface area (Å²) in [5, 5.41) is 0.891. The predicted molar refractivity (Wildman–Crippen MR) is 101 cm³/mol. The van der Waals surface area contributed by atoms with E-state index in [9.17, 15) is 4.79 Å². The SMILES string of the molecule is Cn1c(-c2ccccc2)c(C(=O)NNc2ncccn2)c2ccccc21. The monoisotopic (exact) mass is 343 g/mol. The van der Waals surface area contributed by atoms with Crippen LogP contribution in [0.5, 0.6) is 0 Å². The Labute approximate surface area is 150 Å². The Bertz CT molecular complexity index is 1060. The average Bonchev–Trinajstić information content (AvgIpc) is 3.00. The molecule has 2 heterocycles. The molecule has 0 bridgehead atoms. The van der Waals surface area contributed by atoms with Gasteiger partial charge in [0.05, 0.1) is 11.3 Å². The molecule has 0 aliphatic heterocycles. The number of nitrogens with zero attached hydrogens (tertiary/aromatic N) is 3. The Hall–Kier alpha value is -3.67. The number of carbonyl (C=O) groups is 1. The number of hydrogen-bond donors (Lipinski definition) is 2. The minimum Gasteiger partial charge on any atom is -0.343 e. The van der Waals surface area contributed by atoms with Crippen LogP contribution in [0.2, 0.25) is 0 Å². The van der Waals surface area contributed by atoms with Crippen molar-refractivity contribution in [2.45, 2.75) is 0 Å². The number of para-hydroxylation sites is 1. The van der Waals surface area contributed by atoms with Gasteiger partial charge in [-0.15, -0.1) is 0 Å². The van der Waals surface area contributed by atoms with E-state index in [-0.39, 0.29) is 5.91 Å². The van der Waals surface area contributed by atoms with Gasteiger partial charge in [-0.2, -0.15) is 0 Å². The molecule has 0 atom stereocenters. The Morgan fingerprint density at radius 1 is 0.923 bits per heavy atom. The van der Waals surface area contributed by atoms with Crippen LogP contribution in [-0.4, -0.2) is 20.4 Å². The van der Waals surface area contributed by atoms with Gasteiger partial charge in [0.15, 0.2) is 0 Å². The summed E-state index contributed by atoms with van der Waals surface area (Å²) in [4.78, 5) is 21.1. The molecule has 1 amide bonds. The second kappa shape index (κ2) is 6.68. The lowest BCUT2D eigenvalue weighted by atomic mass is 10.0. The van der Waals surface area contributed by atoms with Crippen LogP contribution in [-0.2, 0) is 7.05 Å². The highest BCUT2D eigenvalue weighted by Gasteiger charge is 2.22. The number of hydrogen-bond acceptors (Lipinski definition) is 4. The fourth-order valence-electron chi connectivity index (χ4n) is 3.10. The van der Waals surface area contributed by atoms with Gasteiger partial charge in [0, 0.05) is 30.3 Å². The van der Waals surface area contributed by atoms with E-state index in [1.807, 2.05) is 66.2 Å². The van der Waals surface area contributed by atoms with E-state index in [1.54, 1.807) is 18.5 Å². The number of fused-ring (bicyclic) bond motifs is 1. The van der Waals surface area contributed by atoms with Gasteiger partial charge in [0.2, 0.25) is 5.95 Å². The molecule has 6 heteroatoms. The quantitative estimate of drug-likeness (QED) is 0.557. The van der Waals surface area contributed by atoms with Gasteiger partial charge in [0.25, 0.3) is 5.91 Å². The number of benzene rings is 2. The van der Waals surface area contributed by atoms with Gasteiger partial charge >= 0.3 is 0 Å². The van der Waals surface area contributed by atoms with Crippen molar-refractivity contribution in [1.82, 2.24) is 20.0 Å². The molecule has 0 unspecified atom stereocenters. The zero-order valence-electron chi connectivity index (χ0n) is 14.2. The van der Waals surface area contributed by atoms with Gasteiger partial charge in [-0.05, 0) is 17.7 Å². The first kappa shape index (κ1) is 15.8. The molecule has 0 radical (unpaired) electrons. The molecule has 0 aliphatic rings. The van der Waals surface area contributed by atoms with Gasteiger partial charge in [-0.3, -0.25) is 15.6 Å². The molecule has 0 spiro atoms. The fourth-order valence-corrected chi connectivity index (χ4v) is 3.10. The molecule has 0 fully saturated rings. The summed E-state index contributed by atoms with van der Waals surface area (Å²) in [6.45, 7) is 0. The first-order valence-corrected chi connectivity index (χ1v) is 8.22. The molecule has 0 saturated heterocycles. The summed E-state index contributed by atoms with van der Waals surface area (Å²) in [5.74, 6) is 0.0930. The van der Waals surface area contributed by atoms with Crippen LogP contribution < -0.4 is 10.9 Å². The van der Waals surface area contributed by atoms with Crippen LogP contribution in [0.15, 0.2) is 73.1 Å². The molecule has 2 N–H and O–H groups in total. The minimum absolute atomic E-state index is 0.242. The number of nitrogens with one attached hydrogen (secondary N) is 2. The van der Waals surface area contributed by atoms with E-state index in [2.05, 4.69) is 20.8 Å². The predicted octanol–water partition coefficient (Wildman–Crippen LogP) is 3.39. The number of anilines is 1. The van der Waals surface area contributed by atoms with Crippen LogP contribution >= 0.6 is 0 Å². The number of rotatable bonds is 4. The van der Waals surface area contributed by atoms with Crippen molar-refractivity contribution in [2.24, 2.45) is 7.05 Å². The summed E-state index contributed by atoms with van der Waals surface area (Å²) < 4.78 is 2.04. The maximum atomic E-state index is 13.0. The number of aryl methyl sites for hydroxylation is 1. The van der Waals surface area contributed by atoms with Crippen LogP contribution in [0.3, 0.4) is 0 Å². The highest BCUT2D eigenvalue weighted by atomic mass is 16.2. The molecule has 26 heavy (non-hydrogen) atoms. The maximum Gasteiger partial charge on any atom is 0.272 e. The summed E-state index contributed by atoms with van der Waals surface area (Å²) in [7, 11) is 1.97. The van der Waals surface area contributed by atoms with Crippen LogP contribution in [0.4, 0.5) is 5.95 Å². The maximum absolute atomic E-state index is 13.0. The van der Waals surface area contributed by atoms with Crippen LogP contribution in [0, 0.1) is 0 Å². The third kappa shape index (κ3) is 2.77. The first-order chi connectivity index (χ1) is 12.8. The molecule has 0 aliphatic carbocycles. The van der Waals surface area contributed by atoms with Crippen LogP contribution in [0.25, 0.3) is 22.2 Å². The second-order valence-corrected chi connectivity index (χ2v) is 5.82. The third-order valence-corrected chi connectivity index (χ3v) is 4.23. The van der Waals surface area contributed by atoms with E-state index < -0.39 is 0 Å². The molecule has 4 rings (SSSR count). The number of hydrazine groups is 1. The zero-order chi connectivity index (χ0) is 17.9. The lowest BCUT2D eigenvalue weighted by molar-refractivity contribution is 0.0964. The molecule has 2 aromatic carbocycles. The summed E-state index contributed by atoms with van der Waals surface area (Å²) in [6, 6.07) is 19.5. The summed E-state index contributed by atoms with van der Waals surface area (Å²) in [6.07, 6.45) is 3.21. The number of carbonyl (C=O) groups excluding carboxylic acids is 1. The van der Waals surface area contributed by atoms with Gasteiger partial charge in [-0.1, -0.05) is 48.5 Å². The normalized spacial score (nSPS) is 10.7. The standard InChI is InChI=1S/C20H17N5O/c1-25-16-11-6-5-10-15(16)17(18(25)14-8-3-2-4-9-14)19(26)23-24-20-21-12-7-13-22-20/h2-13H,1H3,(H,23,26)(H,21,22,24). The van der Waals surface area contributed by atoms with Gasteiger partial charge < -0.3 is 4.57 Å². The van der Waals surface area contributed by atoms with E-state index in [0.717, 1.165) is 22.2 Å².